The Labute approximate surface area is 265 Å². The maximum Gasteiger partial charge on any atom is 0.437 e. The molecule has 2 N–H and O–H groups in total. The minimum absolute atomic E-state index is 0.00308. The van der Waals surface area contributed by atoms with Crippen LogP contribution in [0.5, 0.6) is 5.75 Å². The number of ether oxygens (including phenoxy) is 4. The molecule has 0 radical (unpaired) electrons. The fourth-order valence-electron chi connectivity index (χ4n) is 3.70. The van der Waals surface area contributed by atoms with Gasteiger partial charge in [0.2, 0.25) is 5.96 Å². The molecule has 244 valence electrons. The van der Waals surface area contributed by atoms with E-state index in [1.807, 2.05) is 6.07 Å². The molecule has 3 rings (SSSR count). The number of anilines is 1. The minimum Gasteiger partial charge on any atom is -0.460 e. The molecule has 1 aromatic carbocycles. The topological polar surface area (TPSA) is 196 Å². The van der Waals surface area contributed by atoms with Crippen LogP contribution in [0.25, 0.3) is 5.65 Å². The van der Waals surface area contributed by atoms with Crippen molar-refractivity contribution in [1.82, 2.24) is 19.9 Å². The lowest BCUT2D eigenvalue weighted by atomic mass is 10.1. The SMILES string of the molecule is CC(C)(C)OC(=O)Cc1ccc(OC(=O)c2ccc(N/C(=N/C(=O)OC(C)(C)C)NC(=O)OC(C)(C)C)c(C#N)c2)c2ncnn12. The van der Waals surface area contributed by atoms with Crippen molar-refractivity contribution >= 4 is 41.4 Å². The molecular weight excluding hydrogens is 598 g/mol. The minimum atomic E-state index is -1.01. The summed E-state index contributed by atoms with van der Waals surface area (Å²) in [6, 6.07) is 8.97. The molecule has 15 nitrogen and oxygen atoms in total. The van der Waals surface area contributed by atoms with E-state index in [2.05, 4.69) is 25.7 Å². The van der Waals surface area contributed by atoms with E-state index in [9.17, 15) is 24.4 Å². The Morgan fingerprint density at radius 2 is 1.57 bits per heavy atom. The third-order valence-electron chi connectivity index (χ3n) is 5.26. The van der Waals surface area contributed by atoms with Crippen LogP contribution in [-0.2, 0) is 25.4 Å². The van der Waals surface area contributed by atoms with Gasteiger partial charge in [0.15, 0.2) is 11.4 Å². The number of carbonyl (C=O) groups excluding carboxylic acids is 4. The number of benzene rings is 1. The Balaban J connectivity index is 1.84. The van der Waals surface area contributed by atoms with Gasteiger partial charge in [-0.15, -0.1) is 4.99 Å². The number of amides is 2. The summed E-state index contributed by atoms with van der Waals surface area (Å²) < 4.78 is 22.7. The maximum atomic E-state index is 13.1. The van der Waals surface area contributed by atoms with E-state index in [0.29, 0.717) is 5.69 Å². The van der Waals surface area contributed by atoms with Crippen molar-refractivity contribution in [3.05, 3.63) is 53.5 Å². The van der Waals surface area contributed by atoms with Gasteiger partial charge in [0.05, 0.1) is 28.9 Å². The lowest BCUT2D eigenvalue weighted by molar-refractivity contribution is -0.154. The first-order chi connectivity index (χ1) is 21.2. The highest BCUT2D eigenvalue weighted by molar-refractivity contribution is 6.07. The number of hydrogen-bond donors (Lipinski definition) is 2. The number of carbonyl (C=O) groups is 4. The molecule has 0 bridgehead atoms. The third kappa shape index (κ3) is 10.6. The lowest BCUT2D eigenvalue weighted by Crippen LogP contribution is -2.40. The molecule has 2 heterocycles. The zero-order valence-electron chi connectivity index (χ0n) is 27.2. The zero-order chi connectivity index (χ0) is 34.4. The summed E-state index contributed by atoms with van der Waals surface area (Å²) >= 11 is 0. The number of hydrogen-bond acceptors (Lipinski definition) is 11. The van der Waals surface area contributed by atoms with Crippen LogP contribution in [0.2, 0.25) is 0 Å². The van der Waals surface area contributed by atoms with Gasteiger partial charge in [-0.05, 0) is 92.6 Å². The van der Waals surface area contributed by atoms with Crippen LogP contribution in [0.3, 0.4) is 0 Å². The molecule has 0 fully saturated rings. The van der Waals surface area contributed by atoms with Gasteiger partial charge in [0.25, 0.3) is 0 Å². The van der Waals surface area contributed by atoms with Crippen LogP contribution in [0, 0.1) is 11.3 Å². The van der Waals surface area contributed by atoms with Gasteiger partial charge in [-0.3, -0.25) is 10.1 Å². The predicted molar refractivity (Wildman–Crippen MR) is 165 cm³/mol. The third-order valence-corrected chi connectivity index (χ3v) is 5.26. The number of rotatable bonds is 5. The summed E-state index contributed by atoms with van der Waals surface area (Å²) in [7, 11) is 0. The smallest absolute Gasteiger partial charge is 0.437 e. The van der Waals surface area contributed by atoms with Crippen molar-refractivity contribution in [3.63, 3.8) is 0 Å². The summed E-state index contributed by atoms with van der Waals surface area (Å²) in [5.41, 5.74) is -1.67. The highest BCUT2D eigenvalue weighted by Crippen LogP contribution is 2.23. The Kier molecular flexibility index (Phi) is 10.4. The van der Waals surface area contributed by atoms with E-state index < -0.39 is 40.9 Å². The Morgan fingerprint density at radius 3 is 2.17 bits per heavy atom. The van der Waals surface area contributed by atoms with Crippen molar-refractivity contribution in [2.45, 2.75) is 85.5 Å². The van der Waals surface area contributed by atoms with Crippen LogP contribution in [0.1, 0.15) is 83.9 Å². The van der Waals surface area contributed by atoms with Gasteiger partial charge in [0, 0.05) is 0 Å². The van der Waals surface area contributed by atoms with E-state index in [0.717, 1.165) is 0 Å². The molecule has 0 aliphatic carbocycles. The molecule has 0 aliphatic rings. The van der Waals surface area contributed by atoms with Crippen LogP contribution in [0.15, 0.2) is 41.7 Å². The van der Waals surface area contributed by atoms with Crippen LogP contribution in [-0.4, -0.2) is 61.5 Å². The fourth-order valence-corrected chi connectivity index (χ4v) is 3.70. The second-order valence-corrected chi connectivity index (χ2v) is 12.9. The summed E-state index contributed by atoms with van der Waals surface area (Å²) in [6.07, 6.45) is -0.770. The number of nitrogens with one attached hydrogen (secondary N) is 2. The van der Waals surface area contributed by atoms with Crippen LogP contribution >= 0.6 is 0 Å². The molecule has 3 aromatic rings. The highest BCUT2D eigenvalue weighted by Gasteiger charge is 2.23. The first kappa shape index (κ1) is 35.0. The Bertz CT molecular complexity index is 1720. The number of nitriles is 1. The van der Waals surface area contributed by atoms with E-state index in [4.69, 9.17) is 18.9 Å². The molecule has 0 saturated carbocycles. The number of nitrogens with zero attached hydrogens (tertiary/aromatic N) is 5. The summed E-state index contributed by atoms with van der Waals surface area (Å²) in [6.45, 7) is 15.2. The molecule has 2 aromatic heterocycles. The van der Waals surface area contributed by atoms with E-state index >= 15 is 0 Å². The van der Waals surface area contributed by atoms with E-state index in [1.54, 1.807) is 68.4 Å². The second-order valence-electron chi connectivity index (χ2n) is 12.9. The molecular formula is C31H37N7O8. The van der Waals surface area contributed by atoms with Gasteiger partial charge in [-0.2, -0.15) is 10.4 Å². The van der Waals surface area contributed by atoms with Gasteiger partial charge in [-0.25, -0.2) is 23.9 Å². The van der Waals surface area contributed by atoms with Crippen molar-refractivity contribution in [2.24, 2.45) is 4.99 Å². The number of guanidine groups is 1. The first-order valence-electron chi connectivity index (χ1n) is 14.1. The number of alkyl carbamates (subject to hydrolysis) is 1. The number of fused-ring (bicyclic) bond motifs is 1. The van der Waals surface area contributed by atoms with Crippen molar-refractivity contribution in [1.29, 1.82) is 5.26 Å². The first-order valence-corrected chi connectivity index (χ1v) is 14.1. The monoisotopic (exact) mass is 635 g/mol. The fraction of sp³-hybridized carbons (Fsp3) is 0.419. The lowest BCUT2D eigenvalue weighted by Gasteiger charge is -2.21. The van der Waals surface area contributed by atoms with Crippen molar-refractivity contribution in [3.8, 4) is 11.8 Å². The Hall–Kier alpha value is -5.52. The molecule has 15 heteroatoms. The van der Waals surface area contributed by atoms with Crippen molar-refractivity contribution < 1.29 is 38.1 Å². The van der Waals surface area contributed by atoms with Crippen molar-refractivity contribution in [2.75, 3.05) is 5.32 Å². The molecule has 0 atom stereocenters. The quantitative estimate of drug-likeness (QED) is 0.166. The highest BCUT2D eigenvalue weighted by atomic mass is 16.6. The van der Waals surface area contributed by atoms with E-state index in [-0.39, 0.29) is 40.6 Å². The molecule has 0 aliphatic heterocycles. The van der Waals surface area contributed by atoms with Crippen LogP contribution < -0.4 is 15.4 Å². The van der Waals surface area contributed by atoms with Gasteiger partial charge in [0.1, 0.15) is 29.2 Å². The summed E-state index contributed by atoms with van der Waals surface area (Å²) in [4.78, 5) is 58.2. The number of pyridine rings is 1. The molecule has 0 unspecified atom stereocenters. The standard InChI is InChI=1S/C31H37N7O8/c1-29(2,3)44-23(39)15-20-11-13-22(24-33-17-34-38(20)24)43-25(40)18-10-12-21(19(14-18)16-32)35-26(36-27(41)45-30(4,5)6)37-28(42)46-31(7,8)9/h10-14,17H,15H2,1-9H3,(H2,35,36,37,41,42). The molecule has 2 amide bonds. The largest absolute Gasteiger partial charge is 0.460 e. The predicted octanol–water partition coefficient (Wildman–Crippen LogP) is 4.93. The maximum absolute atomic E-state index is 13.1. The number of aliphatic imine (C=N–C) groups is 1. The van der Waals surface area contributed by atoms with Gasteiger partial charge < -0.3 is 24.3 Å². The summed E-state index contributed by atoms with van der Waals surface area (Å²) in [5, 5.41) is 19.0. The second kappa shape index (κ2) is 13.6. The molecule has 46 heavy (non-hydrogen) atoms. The van der Waals surface area contributed by atoms with Crippen LogP contribution in [0.4, 0.5) is 15.3 Å². The van der Waals surface area contributed by atoms with Gasteiger partial charge >= 0.3 is 24.1 Å². The molecule has 0 spiro atoms. The molecule has 0 saturated heterocycles. The average Bonchev–Trinajstić information content (AvgIpc) is 3.37. The summed E-state index contributed by atoms with van der Waals surface area (Å²) in [5.74, 6) is -1.60. The average molecular weight is 636 g/mol. The van der Waals surface area contributed by atoms with E-state index in [1.165, 1.54) is 35.1 Å². The Morgan fingerprint density at radius 1 is 0.913 bits per heavy atom. The zero-order valence-corrected chi connectivity index (χ0v) is 27.2. The number of aromatic nitrogens is 3. The van der Waals surface area contributed by atoms with Gasteiger partial charge in [-0.1, -0.05) is 0 Å². The number of esters is 2. The normalized spacial score (nSPS) is 12.1.